The van der Waals surface area contributed by atoms with Crippen LogP contribution in [0, 0.1) is 0 Å². The number of carboxylic acids is 1. The van der Waals surface area contributed by atoms with Crippen molar-refractivity contribution >= 4 is 17.8 Å². The van der Waals surface area contributed by atoms with E-state index in [0.29, 0.717) is 19.4 Å². The molecule has 6 nitrogen and oxygen atoms in total. The van der Waals surface area contributed by atoms with Crippen LogP contribution in [0.15, 0.2) is 18.2 Å². The first-order valence-electron chi connectivity index (χ1n) is 6.71. The Hall–Kier alpha value is -2.37. The summed E-state index contributed by atoms with van der Waals surface area (Å²) in [7, 11) is 1.31. The predicted octanol–water partition coefficient (Wildman–Crippen LogP) is 1.22. The van der Waals surface area contributed by atoms with Crippen molar-refractivity contribution in [1.82, 2.24) is 4.90 Å². The van der Waals surface area contributed by atoms with Crippen LogP contribution in [-0.4, -0.2) is 41.5 Å². The zero-order valence-corrected chi connectivity index (χ0v) is 11.8. The minimum Gasteiger partial charge on any atom is -0.478 e. The molecule has 112 valence electrons. The van der Waals surface area contributed by atoms with Crippen molar-refractivity contribution in [2.24, 2.45) is 0 Å². The number of amides is 1. The number of carbonyl (C=O) groups excluding carboxylic acids is 2. The Morgan fingerprint density at radius 2 is 2.05 bits per heavy atom. The second-order valence-electron chi connectivity index (χ2n) is 4.93. The van der Waals surface area contributed by atoms with Gasteiger partial charge in [0.05, 0.1) is 19.1 Å². The fraction of sp³-hybridized carbons (Fsp3) is 0.400. The molecule has 1 aliphatic rings. The van der Waals surface area contributed by atoms with Crippen LogP contribution >= 0.6 is 0 Å². The third kappa shape index (κ3) is 3.59. The topological polar surface area (TPSA) is 83.9 Å². The standard InChI is InChI=1S/C15H17NO5/c1-21-14(18)6-7-16-9-12-8-11(15(19)20)3-2-10(12)4-5-13(16)17/h2-3,8H,4-7,9H2,1H3,(H,19,20). The second kappa shape index (κ2) is 6.39. The maximum atomic E-state index is 12.1. The predicted molar refractivity (Wildman–Crippen MR) is 73.8 cm³/mol. The molecule has 0 aliphatic carbocycles. The van der Waals surface area contributed by atoms with Crippen molar-refractivity contribution in [3.8, 4) is 0 Å². The Morgan fingerprint density at radius 3 is 2.71 bits per heavy atom. The highest BCUT2D eigenvalue weighted by atomic mass is 16.5. The molecule has 0 fully saturated rings. The van der Waals surface area contributed by atoms with Crippen LogP contribution in [0.4, 0.5) is 0 Å². The molecular formula is C15H17NO5. The molecule has 1 amide bonds. The Bertz CT molecular complexity index is 581. The number of carbonyl (C=O) groups is 3. The van der Waals surface area contributed by atoms with E-state index in [4.69, 9.17) is 5.11 Å². The van der Waals surface area contributed by atoms with E-state index in [0.717, 1.165) is 11.1 Å². The first kappa shape index (κ1) is 15.0. The molecule has 0 spiro atoms. The van der Waals surface area contributed by atoms with Crippen LogP contribution in [0.5, 0.6) is 0 Å². The van der Waals surface area contributed by atoms with Gasteiger partial charge in [0.25, 0.3) is 0 Å². The molecule has 0 bridgehead atoms. The van der Waals surface area contributed by atoms with Crippen molar-refractivity contribution in [1.29, 1.82) is 0 Å². The number of nitrogens with zero attached hydrogens (tertiary/aromatic N) is 1. The Kier molecular flexibility index (Phi) is 4.57. The first-order chi connectivity index (χ1) is 10.0. The van der Waals surface area contributed by atoms with Gasteiger partial charge in [-0.1, -0.05) is 6.07 Å². The number of methoxy groups -OCH3 is 1. The highest BCUT2D eigenvalue weighted by molar-refractivity contribution is 5.88. The third-order valence-electron chi connectivity index (χ3n) is 3.59. The SMILES string of the molecule is COC(=O)CCN1Cc2cc(C(=O)O)ccc2CCC1=O. The lowest BCUT2D eigenvalue weighted by Gasteiger charge is -2.20. The highest BCUT2D eigenvalue weighted by Gasteiger charge is 2.22. The van der Waals surface area contributed by atoms with Gasteiger partial charge in [-0.15, -0.1) is 0 Å². The van der Waals surface area contributed by atoms with Crippen molar-refractivity contribution in [3.05, 3.63) is 34.9 Å². The quantitative estimate of drug-likeness (QED) is 0.843. The summed E-state index contributed by atoms with van der Waals surface area (Å²) in [4.78, 5) is 35.9. The van der Waals surface area contributed by atoms with E-state index in [1.54, 1.807) is 23.1 Å². The van der Waals surface area contributed by atoms with Crippen molar-refractivity contribution in [2.75, 3.05) is 13.7 Å². The van der Waals surface area contributed by atoms with E-state index in [2.05, 4.69) is 4.74 Å². The van der Waals surface area contributed by atoms with E-state index < -0.39 is 5.97 Å². The molecular weight excluding hydrogens is 274 g/mol. The number of rotatable bonds is 4. The molecule has 0 saturated heterocycles. The molecule has 1 aliphatic heterocycles. The first-order valence-corrected chi connectivity index (χ1v) is 6.71. The summed E-state index contributed by atoms with van der Waals surface area (Å²) >= 11 is 0. The van der Waals surface area contributed by atoms with Gasteiger partial charge in [-0.25, -0.2) is 4.79 Å². The molecule has 0 unspecified atom stereocenters. The molecule has 1 heterocycles. The summed E-state index contributed by atoms with van der Waals surface area (Å²) in [6, 6.07) is 4.91. The number of benzene rings is 1. The molecule has 0 saturated carbocycles. The monoisotopic (exact) mass is 291 g/mol. The highest BCUT2D eigenvalue weighted by Crippen LogP contribution is 2.21. The summed E-state index contributed by atoms with van der Waals surface area (Å²) in [6.07, 6.45) is 1.08. The largest absolute Gasteiger partial charge is 0.478 e. The Labute approximate surface area is 122 Å². The molecule has 1 aromatic carbocycles. The average Bonchev–Trinajstić information content (AvgIpc) is 2.63. The summed E-state index contributed by atoms with van der Waals surface area (Å²) < 4.78 is 4.57. The van der Waals surface area contributed by atoms with Crippen molar-refractivity contribution in [2.45, 2.75) is 25.8 Å². The summed E-state index contributed by atoms with van der Waals surface area (Å²) in [5.41, 5.74) is 2.01. The van der Waals surface area contributed by atoms with Crippen molar-refractivity contribution < 1.29 is 24.2 Å². The number of hydrogen-bond donors (Lipinski definition) is 1. The summed E-state index contributed by atoms with van der Waals surface area (Å²) in [6.45, 7) is 0.606. The van der Waals surface area contributed by atoms with Crippen LogP contribution in [0.25, 0.3) is 0 Å². The van der Waals surface area contributed by atoms with Gasteiger partial charge in [0.2, 0.25) is 5.91 Å². The van der Waals surface area contributed by atoms with Crippen molar-refractivity contribution in [3.63, 3.8) is 0 Å². The van der Waals surface area contributed by atoms with Gasteiger partial charge in [0.1, 0.15) is 0 Å². The molecule has 0 aromatic heterocycles. The van der Waals surface area contributed by atoms with Gasteiger partial charge >= 0.3 is 11.9 Å². The van der Waals surface area contributed by atoms with Gasteiger partial charge in [0.15, 0.2) is 0 Å². The second-order valence-corrected chi connectivity index (χ2v) is 4.93. The smallest absolute Gasteiger partial charge is 0.335 e. The molecule has 1 N–H and O–H groups in total. The lowest BCUT2D eigenvalue weighted by atomic mass is 10.0. The maximum absolute atomic E-state index is 12.1. The maximum Gasteiger partial charge on any atom is 0.335 e. The van der Waals surface area contributed by atoms with Gasteiger partial charge in [0, 0.05) is 19.5 Å². The van der Waals surface area contributed by atoms with Gasteiger partial charge in [-0.05, 0) is 29.7 Å². The molecule has 1 aromatic rings. The van der Waals surface area contributed by atoms with Crippen LogP contribution < -0.4 is 0 Å². The van der Waals surface area contributed by atoms with E-state index in [1.807, 2.05) is 0 Å². The molecule has 0 radical (unpaired) electrons. The van der Waals surface area contributed by atoms with Crippen LogP contribution in [0.2, 0.25) is 0 Å². The van der Waals surface area contributed by atoms with Crippen LogP contribution in [-0.2, 0) is 27.3 Å². The van der Waals surface area contributed by atoms with Crippen LogP contribution in [0.1, 0.15) is 34.3 Å². The van der Waals surface area contributed by atoms with E-state index in [9.17, 15) is 14.4 Å². The molecule has 0 atom stereocenters. The summed E-state index contributed by atoms with van der Waals surface area (Å²) in [5, 5.41) is 9.04. The Morgan fingerprint density at radius 1 is 1.29 bits per heavy atom. The average molecular weight is 291 g/mol. The van der Waals surface area contributed by atoms with E-state index in [1.165, 1.54) is 7.11 Å². The molecule has 21 heavy (non-hydrogen) atoms. The molecule has 2 rings (SSSR count). The van der Waals surface area contributed by atoms with Gasteiger partial charge < -0.3 is 14.7 Å². The third-order valence-corrected chi connectivity index (χ3v) is 3.59. The van der Waals surface area contributed by atoms with E-state index >= 15 is 0 Å². The normalized spacial score (nSPS) is 14.3. The fourth-order valence-corrected chi connectivity index (χ4v) is 2.38. The number of fused-ring (bicyclic) bond motifs is 1. The zero-order valence-electron chi connectivity index (χ0n) is 11.8. The lowest BCUT2D eigenvalue weighted by Crippen LogP contribution is -2.31. The zero-order chi connectivity index (χ0) is 15.4. The number of aromatic carboxylic acids is 1. The lowest BCUT2D eigenvalue weighted by molar-refractivity contribution is -0.141. The minimum absolute atomic E-state index is 0.0352. The number of esters is 1. The summed E-state index contributed by atoms with van der Waals surface area (Å²) in [5.74, 6) is -1.40. The Balaban J connectivity index is 2.18. The number of carboxylic acid groups (broad SMARTS) is 1. The van der Waals surface area contributed by atoms with E-state index in [-0.39, 0.29) is 30.4 Å². The van der Waals surface area contributed by atoms with Gasteiger partial charge in [-0.3, -0.25) is 9.59 Å². The number of hydrogen-bond acceptors (Lipinski definition) is 4. The minimum atomic E-state index is -0.991. The fourth-order valence-electron chi connectivity index (χ4n) is 2.38. The number of ether oxygens (including phenoxy) is 1. The number of aryl methyl sites for hydroxylation is 1. The molecule has 6 heteroatoms. The van der Waals surface area contributed by atoms with Gasteiger partial charge in [-0.2, -0.15) is 0 Å². The van der Waals surface area contributed by atoms with Crippen LogP contribution in [0.3, 0.4) is 0 Å².